The van der Waals surface area contributed by atoms with E-state index in [0.717, 1.165) is 41.9 Å². The molecule has 100 valence electrons. The van der Waals surface area contributed by atoms with Gasteiger partial charge in [-0.2, -0.15) is 0 Å². The highest BCUT2D eigenvalue weighted by Crippen LogP contribution is 2.54. The number of ether oxygens (including phenoxy) is 1. The molecule has 1 heterocycles. The third-order valence-corrected chi connectivity index (χ3v) is 5.34. The number of hydrogen-bond donors (Lipinski definition) is 0. The van der Waals surface area contributed by atoms with E-state index in [-0.39, 0.29) is 11.4 Å². The Hall–Kier alpha value is -1.31. The van der Waals surface area contributed by atoms with E-state index in [1.807, 2.05) is 24.3 Å². The van der Waals surface area contributed by atoms with E-state index < -0.39 is 0 Å². The number of rotatable bonds is 0. The molecular weight excluding hydrogens is 236 g/mol. The van der Waals surface area contributed by atoms with Crippen LogP contribution in [0.5, 0.6) is 5.75 Å². The molecule has 0 bridgehead atoms. The molecule has 0 N–H and O–H groups in total. The van der Waals surface area contributed by atoms with Gasteiger partial charge in [-0.1, -0.05) is 19.1 Å². The van der Waals surface area contributed by atoms with Gasteiger partial charge in [0.25, 0.3) is 0 Å². The molecule has 1 spiro atoms. The van der Waals surface area contributed by atoms with Crippen molar-refractivity contribution in [1.29, 1.82) is 0 Å². The van der Waals surface area contributed by atoms with Gasteiger partial charge < -0.3 is 4.74 Å². The van der Waals surface area contributed by atoms with Gasteiger partial charge in [0.15, 0.2) is 5.78 Å². The molecule has 0 aromatic heterocycles. The van der Waals surface area contributed by atoms with Crippen LogP contribution in [0, 0.1) is 17.8 Å². The van der Waals surface area contributed by atoms with Crippen molar-refractivity contribution >= 4 is 5.78 Å². The highest BCUT2D eigenvalue weighted by Gasteiger charge is 2.52. The van der Waals surface area contributed by atoms with Crippen molar-refractivity contribution in [3.8, 4) is 5.75 Å². The molecule has 0 amide bonds. The van der Waals surface area contributed by atoms with E-state index in [2.05, 4.69) is 6.92 Å². The van der Waals surface area contributed by atoms with Gasteiger partial charge in [0.05, 0.1) is 12.0 Å². The highest BCUT2D eigenvalue weighted by atomic mass is 16.5. The molecule has 0 saturated heterocycles. The molecule has 1 aliphatic heterocycles. The first kappa shape index (κ1) is 11.5. The van der Waals surface area contributed by atoms with Crippen molar-refractivity contribution < 1.29 is 9.53 Å². The van der Waals surface area contributed by atoms with Crippen molar-refractivity contribution in [2.45, 2.75) is 44.6 Å². The summed E-state index contributed by atoms with van der Waals surface area (Å²) < 4.78 is 6.30. The standard InChI is InChI=1S/C17H20O2/c1-11-6-12-8-17(9-13(12)7-11)10-15(18)14-4-2-3-5-16(14)19-17/h2-5,11-13H,6-10H2,1H3. The zero-order valence-electron chi connectivity index (χ0n) is 11.4. The first-order chi connectivity index (χ1) is 9.15. The number of carbonyl (C=O) groups excluding carboxylic acids is 1. The minimum Gasteiger partial charge on any atom is -0.486 e. The Balaban J connectivity index is 1.64. The zero-order chi connectivity index (χ0) is 13.0. The Morgan fingerprint density at radius 2 is 1.84 bits per heavy atom. The van der Waals surface area contributed by atoms with Gasteiger partial charge >= 0.3 is 0 Å². The van der Waals surface area contributed by atoms with E-state index in [1.165, 1.54) is 12.8 Å². The molecule has 2 fully saturated rings. The fourth-order valence-electron chi connectivity index (χ4n) is 4.72. The van der Waals surface area contributed by atoms with E-state index in [4.69, 9.17) is 4.74 Å². The van der Waals surface area contributed by atoms with Crippen molar-refractivity contribution in [3.05, 3.63) is 29.8 Å². The summed E-state index contributed by atoms with van der Waals surface area (Å²) in [6.45, 7) is 2.35. The van der Waals surface area contributed by atoms with E-state index in [1.54, 1.807) is 0 Å². The molecule has 1 aromatic carbocycles. The Kier molecular flexibility index (Phi) is 2.33. The molecular formula is C17H20O2. The topological polar surface area (TPSA) is 26.3 Å². The predicted molar refractivity (Wildman–Crippen MR) is 73.4 cm³/mol. The maximum atomic E-state index is 12.4. The highest BCUT2D eigenvalue weighted by molar-refractivity contribution is 6.00. The van der Waals surface area contributed by atoms with Crippen LogP contribution in [0.1, 0.15) is 49.4 Å². The Morgan fingerprint density at radius 3 is 2.58 bits per heavy atom. The van der Waals surface area contributed by atoms with E-state index in [9.17, 15) is 4.79 Å². The van der Waals surface area contributed by atoms with Crippen LogP contribution >= 0.6 is 0 Å². The van der Waals surface area contributed by atoms with Crippen LogP contribution in [0.15, 0.2) is 24.3 Å². The molecule has 19 heavy (non-hydrogen) atoms. The van der Waals surface area contributed by atoms with Crippen molar-refractivity contribution in [1.82, 2.24) is 0 Å². The number of carbonyl (C=O) groups is 1. The lowest BCUT2D eigenvalue weighted by Crippen LogP contribution is -2.40. The first-order valence-electron chi connectivity index (χ1n) is 7.46. The Bertz CT molecular complexity index is 520. The monoisotopic (exact) mass is 256 g/mol. The number of para-hydroxylation sites is 1. The van der Waals surface area contributed by atoms with Gasteiger partial charge in [0, 0.05) is 0 Å². The molecule has 2 unspecified atom stereocenters. The summed E-state index contributed by atoms with van der Waals surface area (Å²) in [5.74, 6) is 3.52. The number of Topliss-reactive ketones (excluding diaryl/α,β-unsaturated/α-hetero) is 1. The number of ketones is 1. The molecule has 0 radical (unpaired) electrons. The SMILES string of the molecule is CC1CC2CC3(CC(=O)c4ccccc4O3)CC2C1. The summed E-state index contributed by atoms with van der Waals surface area (Å²) in [7, 11) is 0. The fourth-order valence-corrected chi connectivity index (χ4v) is 4.72. The predicted octanol–water partition coefficient (Wildman–Crippen LogP) is 3.85. The molecule has 2 heteroatoms. The van der Waals surface area contributed by atoms with Gasteiger partial charge in [-0.15, -0.1) is 0 Å². The smallest absolute Gasteiger partial charge is 0.170 e. The minimum atomic E-state index is -0.180. The summed E-state index contributed by atoms with van der Waals surface area (Å²) in [4.78, 5) is 12.4. The fraction of sp³-hybridized carbons (Fsp3) is 0.588. The second-order valence-electron chi connectivity index (χ2n) is 6.89. The summed E-state index contributed by atoms with van der Waals surface area (Å²) >= 11 is 0. The normalized spacial score (nSPS) is 40.1. The second kappa shape index (κ2) is 3.84. The average molecular weight is 256 g/mol. The quantitative estimate of drug-likeness (QED) is 0.705. The lowest BCUT2D eigenvalue weighted by molar-refractivity contribution is 0.0385. The van der Waals surface area contributed by atoms with E-state index >= 15 is 0 Å². The van der Waals surface area contributed by atoms with Crippen LogP contribution in [-0.4, -0.2) is 11.4 Å². The average Bonchev–Trinajstić information content (AvgIpc) is 2.82. The van der Waals surface area contributed by atoms with Crippen LogP contribution in [-0.2, 0) is 0 Å². The first-order valence-corrected chi connectivity index (χ1v) is 7.46. The molecule has 2 aliphatic carbocycles. The summed E-state index contributed by atoms with van der Waals surface area (Å²) in [5.41, 5.74) is 0.597. The summed E-state index contributed by atoms with van der Waals surface area (Å²) in [6.07, 6.45) is 5.41. The summed E-state index contributed by atoms with van der Waals surface area (Å²) in [5, 5.41) is 0. The number of hydrogen-bond acceptors (Lipinski definition) is 2. The van der Waals surface area contributed by atoms with E-state index in [0.29, 0.717) is 6.42 Å². The van der Waals surface area contributed by atoms with Gasteiger partial charge in [-0.05, 0) is 55.6 Å². The molecule has 3 aliphatic rings. The van der Waals surface area contributed by atoms with Crippen LogP contribution in [0.2, 0.25) is 0 Å². The number of fused-ring (bicyclic) bond motifs is 2. The maximum Gasteiger partial charge on any atom is 0.170 e. The lowest BCUT2D eigenvalue weighted by Gasteiger charge is -2.35. The molecule has 1 aromatic rings. The van der Waals surface area contributed by atoms with Crippen LogP contribution in [0.3, 0.4) is 0 Å². The minimum absolute atomic E-state index is 0.180. The van der Waals surface area contributed by atoms with Gasteiger partial charge in [0.1, 0.15) is 11.4 Å². The Labute approximate surface area is 114 Å². The lowest BCUT2D eigenvalue weighted by atomic mass is 9.86. The van der Waals surface area contributed by atoms with Crippen molar-refractivity contribution in [3.63, 3.8) is 0 Å². The summed E-state index contributed by atoms with van der Waals surface area (Å²) in [6, 6.07) is 7.72. The molecule has 2 atom stereocenters. The second-order valence-corrected chi connectivity index (χ2v) is 6.89. The van der Waals surface area contributed by atoms with Crippen LogP contribution in [0.25, 0.3) is 0 Å². The zero-order valence-corrected chi connectivity index (χ0v) is 11.4. The number of benzene rings is 1. The van der Waals surface area contributed by atoms with Crippen molar-refractivity contribution in [2.24, 2.45) is 17.8 Å². The molecule has 2 nitrogen and oxygen atoms in total. The largest absolute Gasteiger partial charge is 0.486 e. The third kappa shape index (κ3) is 1.73. The van der Waals surface area contributed by atoms with Crippen LogP contribution < -0.4 is 4.74 Å². The van der Waals surface area contributed by atoms with Crippen LogP contribution in [0.4, 0.5) is 0 Å². The third-order valence-electron chi connectivity index (χ3n) is 5.34. The van der Waals surface area contributed by atoms with Crippen molar-refractivity contribution in [2.75, 3.05) is 0 Å². The maximum absolute atomic E-state index is 12.4. The van der Waals surface area contributed by atoms with Gasteiger partial charge in [-0.3, -0.25) is 4.79 Å². The Morgan fingerprint density at radius 1 is 1.16 bits per heavy atom. The van der Waals surface area contributed by atoms with Gasteiger partial charge in [0.2, 0.25) is 0 Å². The molecule has 4 rings (SSSR count). The molecule has 2 saturated carbocycles. The van der Waals surface area contributed by atoms with Gasteiger partial charge in [-0.25, -0.2) is 0 Å².